The van der Waals surface area contributed by atoms with E-state index in [1.807, 2.05) is 38.1 Å². The van der Waals surface area contributed by atoms with Crippen molar-refractivity contribution in [1.29, 1.82) is 0 Å². The highest BCUT2D eigenvalue weighted by Gasteiger charge is 2.31. The Labute approximate surface area is 122 Å². The molecular formula is C17H26N2O. The highest BCUT2D eigenvalue weighted by Crippen LogP contribution is 2.27. The van der Waals surface area contributed by atoms with Crippen LogP contribution in [0.2, 0.25) is 0 Å². The number of rotatable bonds is 4. The monoisotopic (exact) mass is 274 g/mol. The number of aryl methyl sites for hydroxylation is 2. The standard InChI is InChI=1S/C17H26N2O/c1-7-8-15(17(4,5)6)19(18)16(20)14-10-12(2)9-13(3)11-14/h7,9-11,15H,1,8,18H2,2-6H3/t15-/m0/s1. The number of amides is 1. The summed E-state index contributed by atoms with van der Waals surface area (Å²) in [6, 6.07) is 5.72. The summed E-state index contributed by atoms with van der Waals surface area (Å²) in [6.07, 6.45) is 2.49. The summed E-state index contributed by atoms with van der Waals surface area (Å²) in [5, 5.41) is 1.36. The second-order valence-electron chi connectivity index (χ2n) is 6.50. The Kier molecular flexibility index (Phi) is 5.12. The number of nitrogens with zero attached hydrogens (tertiary/aromatic N) is 1. The van der Waals surface area contributed by atoms with Gasteiger partial charge in [0.15, 0.2) is 0 Å². The molecule has 0 saturated carbocycles. The lowest BCUT2D eigenvalue weighted by molar-refractivity contribution is 0.0520. The molecule has 1 atom stereocenters. The maximum atomic E-state index is 12.6. The van der Waals surface area contributed by atoms with Gasteiger partial charge in [-0.1, -0.05) is 44.0 Å². The van der Waals surface area contributed by atoms with Crippen molar-refractivity contribution >= 4 is 5.91 Å². The van der Waals surface area contributed by atoms with Crippen LogP contribution in [0.25, 0.3) is 0 Å². The first-order valence-corrected chi connectivity index (χ1v) is 6.94. The highest BCUT2D eigenvalue weighted by molar-refractivity contribution is 5.94. The molecule has 0 fully saturated rings. The van der Waals surface area contributed by atoms with Gasteiger partial charge in [-0.25, -0.2) is 5.84 Å². The molecule has 0 unspecified atom stereocenters. The fourth-order valence-electron chi connectivity index (χ4n) is 2.43. The molecule has 3 nitrogen and oxygen atoms in total. The third-order valence-electron chi connectivity index (χ3n) is 3.43. The van der Waals surface area contributed by atoms with Crippen molar-refractivity contribution < 1.29 is 4.79 Å². The summed E-state index contributed by atoms with van der Waals surface area (Å²) in [4.78, 5) is 12.6. The Balaban J connectivity index is 3.08. The number of hydrazine groups is 1. The molecule has 2 N–H and O–H groups in total. The lowest BCUT2D eigenvalue weighted by Gasteiger charge is -2.37. The van der Waals surface area contributed by atoms with Gasteiger partial charge in [-0.05, 0) is 37.8 Å². The van der Waals surface area contributed by atoms with E-state index >= 15 is 0 Å². The van der Waals surface area contributed by atoms with Gasteiger partial charge in [-0.3, -0.25) is 9.80 Å². The van der Waals surface area contributed by atoms with Gasteiger partial charge in [-0.2, -0.15) is 0 Å². The van der Waals surface area contributed by atoms with Crippen molar-refractivity contribution in [3.05, 3.63) is 47.5 Å². The van der Waals surface area contributed by atoms with Gasteiger partial charge in [0, 0.05) is 5.56 Å². The summed E-state index contributed by atoms with van der Waals surface area (Å²) < 4.78 is 0. The molecule has 0 aliphatic heterocycles. The van der Waals surface area contributed by atoms with E-state index < -0.39 is 0 Å². The van der Waals surface area contributed by atoms with Crippen molar-refractivity contribution in [1.82, 2.24) is 5.01 Å². The predicted molar refractivity (Wildman–Crippen MR) is 84.3 cm³/mol. The average molecular weight is 274 g/mol. The molecule has 1 aromatic rings. The minimum absolute atomic E-state index is 0.0756. The third-order valence-corrected chi connectivity index (χ3v) is 3.43. The minimum Gasteiger partial charge on any atom is -0.273 e. The van der Waals surface area contributed by atoms with Crippen LogP contribution in [-0.4, -0.2) is 17.0 Å². The molecule has 1 amide bonds. The molecule has 0 aliphatic carbocycles. The fourth-order valence-corrected chi connectivity index (χ4v) is 2.43. The van der Waals surface area contributed by atoms with E-state index in [0.717, 1.165) is 11.1 Å². The van der Waals surface area contributed by atoms with E-state index in [0.29, 0.717) is 12.0 Å². The quantitative estimate of drug-likeness (QED) is 0.394. The van der Waals surface area contributed by atoms with Crippen LogP contribution in [0.1, 0.15) is 48.7 Å². The van der Waals surface area contributed by atoms with Crippen molar-refractivity contribution in [2.75, 3.05) is 0 Å². The van der Waals surface area contributed by atoms with Crippen molar-refractivity contribution in [3.8, 4) is 0 Å². The Morgan fingerprint density at radius 2 is 1.80 bits per heavy atom. The van der Waals surface area contributed by atoms with Crippen LogP contribution in [0, 0.1) is 19.3 Å². The Hall–Kier alpha value is -1.61. The van der Waals surface area contributed by atoms with E-state index in [2.05, 4.69) is 27.4 Å². The summed E-state index contributed by atoms with van der Waals surface area (Å²) in [7, 11) is 0. The van der Waals surface area contributed by atoms with Crippen LogP contribution in [0.15, 0.2) is 30.9 Å². The molecule has 1 aromatic carbocycles. The molecule has 0 aliphatic rings. The molecule has 0 heterocycles. The summed E-state index contributed by atoms with van der Waals surface area (Å²) >= 11 is 0. The molecule has 0 radical (unpaired) electrons. The van der Waals surface area contributed by atoms with E-state index in [1.165, 1.54) is 5.01 Å². The number of carbonyl (C=O) groups is 1. The van der Waals surface area contributed by atoms with Crippen LogP contribution in [0.4, 0.5) is 0 Å². The SMILES string of the molecule is C=CC[C@H](N(N)C(=O)c1cc(C)cc(C)c1)C(C)(C)C. The molecule has 0 aromatic heterocycles. The zero-order valence-electron chi connectivity index (χ0n) is 13.2. The topological polar surface area (TPSA) is 46.3 Å². The van der Waals surface area contributed by atoms with Gasteiger partial charge >= 0.3 is 0 Å². The van der Waals surface area contributed by atoms with Gasteiger partial charge < -0.3 is 0 Å². The molecule has 0 bridgehead atoms. The van der Waals surface area contributed by atoms with Gasteiger partial charge in [0.05, 0.1) is 6.04 Å². The van der Waals surface area contributed by atoms with Gasteiger partial charge in [0.2, 0.25) is 0 Å². The number of hydrogen-bond acceptors (Lipinski definition) is 2. The van der Waals surface area contributed by atoms with E-state index in [-0.39, 0.29) is 17.4 Å². The number of nitrogens with two attached hydrogens (primary N) is 1. The molecule has 0 spiro atoms. The molecular weight excluding hydrogens is 248 g/mol. The van der Waals surface area contributed by atoms with E-state index in [1.54, 1.807) is 0 Å². The van der Waals surface area contributed by atoms with Crippen LogP contribution in [0.5, 0.6) is 0 Å². The number of benzene rings is 1. The normalized spacial score (nSPS) is 12.9. The third kappa shape index (κ3) is 3.94. The minimum atomic E-state index is -0.140. The number of hydrogen-bond donors (Lipinski definition) is 1. The Morgan fingerprint density at radius 3 is 2.20 bits per heavy atom. The van der Waals surface area contributed by atoms with Gasteiger partial charge in [0.1, 0.15) is 0 Å². The maximum Gasteiger partial charge on any atom is 0.268 e. The predicted octanol–water partition coefficient (Wildman–Crippen LogP) is 3.61. The second-order valence-corrected chi connectivity index (χ2v) is 6.50. The van der Waals surface area contributed by atoms with Crippen molar-refractivity contribution in [3.63, 3.8) is 0 Å². The average Bonchev–Trinajstić information content (AvgIpc) is 2.31. The van der Waals surface area contributed by atoms with E-state index in [9.17, 15) is 4.79 Å². The highest BCUT2D eigenvalue weighted by atomic mass is 16.2. The van der Waals surface area contributed by atoms with Crippen LogP contribution in [-0.2, 0) is 0 Å². The smallest absolute Gasteiger partial charge is 0.268 e. The summed E-state index contributed by atoms with van der Waals surface area (Å²) in [5.74, 6) is 5.96. The maximum absolute atomic E-state index is 12.6. The van der Waals surface area contributed by atoms with E-state index in [4.69, 9.17) is 5.84 Å². The van der Waals surface area contributed by atoms with Crippen LogP contribution >= 0.6 is 0 Å². The summed E-state index contributed by atoms with van der Waals surface area (Å²) in [6.45, 7) is 14.0. The molecule has 3 heteroatoms. The largest absolute Gasteiger partial charge is 0.273 e. The van der Waals surface area contributed by atoms with Crippen LogP contribution in [0.3, 0.4) is 0 Å². The summed E-state index contributed by atoms with van der Waals surface area (Å²) in [5.41, 5.74) is 2.68. The molecule has 20 heavy (non-hydrogen) atoms. The second kappa shape index (κ2) is 6.23. The zero-order valence-corrected chi connectivity index (χ0v) is 13.2. The first kappa shape index (κ1) is 16.4. The molecule has 0 saturated heterocycles. The molecule has 1 rings (SSSR count). The Morgan fingerprint density at radius 1 is 1.30 bits per heavy atom. The van der Waals surface area contributed by atoms with Crippen LogP contribution < -0.4 is 5.84 Å². The lowest BCUT2D eigenvalue weighted by atomic mass is 9.84. The first-order valence-electron chi connectivity index (χ1n) is 6.94. The van der Waals surface area contributed by atoms with Gasteiger partial charge in [0.25, 0.3) is 5.91 Å². The fraction of sp³-hybridized carbons (Fsp3) is 0.471. The van der Waals surface area contributed by atoms with Crippen molar-refractivity contribution in [2.45, 2.75) is 47.1 Å². The zero-order chi connectivity index (χ0) is 15.5. The number of carbonyl (C=O) groups excluding carboxylic acids is 1. The lowest BCUT2D eigenvalue weighted by Crippen LogP contribution is -2.51. The Bertz CT molecular complexity index is 480. The van der Waals surface area contributed by atoms with Crippen molar-refractivity contribution in [2.24, 2.45) is 11.3 Å². The molecule has 110 valence electrons. The first-order chi connectivity index (χ1) is 9.16. The van der Waals surface area contributed by atoms with Gasteiger partial charge in [-0.15, -0.1) is 6.58 Å².